The Hall–Kier alpha value is -1.83. The maximum atomic E-state index is 14.2. The monoisotopic (exact) mass is 374 g/mol. The number of halogens is 4. The summed E-state index contributed by atoms with van der Waals surface area (Å²) >= 11 is 0. The number of carbonyl (C=O) groups is 1. The van der Waals surface area contributed by atoms with Crippen molar-refractivity contribution in [2.24, 2.45) is 5.92 Å². The number of rotatable bonds is 3. The number of alkyl halides is 4. The molecular formula is C18H22F4N2O2. The van der Waals surface area contributed by atoms with E-state index in [1.165, 1.54) is 13.2 Å². The Kier molecular flexibility index (Phi) is 5.41. The fraction of sp³-hybridized carbons (Fsp3) is 0.611. The average Bonchev–Trinajstić information content (AvgIpc) is 3.05. The van der Waals surface area contributed by atoms with Gasteiger partial charge in [0.2, 0.25) is 0 Å². The van der Waals surface area contributed by atoms with Gasteiger partial charge in [-0.2, -0.15) is 13.2 Å². The maximum absolute atomic E-state index is 14.2. The lowest BCUT2D eigenvalue weighted by Crippen LogP contribution is -2.37. The summed E-state index contributed by atoms with van der Waals surface area (Å²) in [6.07, 6.45) is -4.58. The van der Waals surface area contributed by atoms with Gasteiger partial charge >= 0.3 is 12.1 Å². The van der Waals surface area contributed by atoms with Gasteiger partial charge in [-0.25, -0.2) is 4.39 Å². The zero-order valence-corrected chi connectivity index (χ0v) is 14.5. The molecule has 2 aliphatic rings. The van der Waals surface area contributed by atoms with Gasteiger partial charge in [0.05, 0.1) is 18.6 Å². The van der Waals surface area contributed by atoms with Gasteiger partial charge in [-0.1, -0.05) is 6.07 Å². The van der Waals surface area contributed by atoms with Crippen LogP contribution in [-0.2, 0) is 15.7 Å². The maximum Gasteiger partial charge on any atom is 0.416 e. The van der Waals surface area contributed by atoms with Crippen LogP contribution in [0.15, 0.2) is 18.2 Å². The largest absolute Gasteiger partial charge is 0.469 e. The summed E-state index contributed by atoms with van der Waals surface area (Å²) in [7, 11) is 1.33. The van der Waals surface area contributed by atoms with Crippen molar-refractivity contribution in [3.8, 4) is 0 Å². The molecule has 2 heterocycles. The van der Waals surface area contributed by atoms with Crippen molar-refractivity contribution in [3.63, 3.8) is 0 Å². The van der Waals surface area contributed by atoms with E-state index in [-0.39, 0.29) is 18.4 Å². The van der Waals surface area contributed by atoms with E-state index in [4.69, 9.17) is 4.74 Å². The smallest absolute Gasteiger partial charge is 0.416 e. The molecule has 0 radical (unpaired) electrons. The first-order chi connectivity index (χ1) is 12.3. The molecule has 144 valence electrons. The Morgan fingerprint density at radius 1 is 1.23 bits per heavy atom. The number of nitrogens with zero attached hydrogens (tertiary/aromatic N) is 1. The van der Waals surface area contributed by atoms with Gasteiger partial charge in [0.15, 0.2) is 0 Å². The predicted molar refractivity (Wildman–Crippen MR) is 88.9 cm³/mol. The van der Waals surface area contributed by atoms with Crippen LogP contribution >= 0.6 is 0 Å². The van der Waals surface area contributed by atoms with Gasteiger partial charge in [0.1, 0.15) is 6.17 Å². The quantitative estimate of drug-likeness (QED) is 0.652. The second kappa shape index (κ2) is 7.42. The van der Waals surface area contributed by atoms with Crippen LogP contribution in [0.2, 0.25) is 0 Å². The Morgan fingerprint density at radius 3 is 2.46 bits per heavy atom. The van der Waals surface area contributed by atoms with Crippen LogP contribution in [0.25, 0.3) is 0 Å². The number of carbonyl (C=O) groups excluding carboxylic acids is 1. The molecule has 4 nitrogen and oxygen atoms in total. The van der Waals surface area contributed by atoms with E-state index in [0.717, 1.165) is 12.1 Å². The lowest BCUT2D eigenvalue weighted by molar-refractivity contribution is -0.146. The number of anilines is 1. The Balaban J connectivity index is 1.89. The van der Waals surface area contributed by atoms with E-state index in [1.54, 1.807) is 0 Å². The van der Waals surface area contributed by atoms with Crippen LogP contribution in [0.4, 0.5) is 23.2 Å². The number of piperidine rings is 1. The molecule has 0 unspecified atom stereocenters. The van der Waals surface area contributed by atoms with Gasteiger partial charge in [-0.15, -0.1) is 0 Å². The van der Waals surface area contributed by atoms with E-state index in [1.807, 2.05) is 4.90 Å². The number of ether oxygens (including phenoxy) is 1. The van der Waals surface area contributed by atoms with Gasteiger partial charge in [0, 0.05) is 37.8 Å². The Morgan fingerprint density at radius 2 is 1.92 bits per heavy atom. The number of esters is 1. The number of hydrogen-bond donors (Lipinski definition) is 1. The molecule has 2 atom stereocenters. The summed E-state index contributed by atoms with van der Waals surface area (Å²) in [4.78, 5) is 13.5. The summed E-state index contributed by atoms with van der Waals surface area (Å²) in [6, 6.07) is 3.53. The van der Waals surface area contributed by atoms with E-state index < -0.39 is 23.8 Å². The van der Waals surface area contributed by atoms with Crippen molar-refractivity contribution in [2.45, 2.75) is 31.1 Å². The first-order valence-electron chi connectivity index (χ1n) is 8.70. The minimum Gasteiger partial charge on any atom is -0.469 e. The van der Waals surface area contributed by atoms with Crippen LogP contribution in [-0.4, -0.2) is 45.4 Å². The number of methoxy groups -OCH3 is 1. The van der Waals surface area contributed by atoms with Crippen molar-refractivity contribution < 1.29 is 27.1 Å². The van der Waals surface area contributed by atoms with Crippen molar-refractivity contribution in [2.75, 3.05) is 38.2 Å². The molecular weight excluding hydrogens is 352 g/mol. The van der Waals surface area contributed by atoms with E-state index >= 15 is 0 Å². The van der Waals surface area contributed by atoms with Crippen LogP contribution in [0.3, 0.4) is 0 Å². The zero-order chi connectivity index (χ0) is 18.9. The highest BCUT2D eigenvalue weighted by Gasteiger charge is 2.36. The molecule has 1 aromatic carbocycles. The third-order valence-corrected chi connectivity index (χ3v) is 5.27. The van der Waals surface area contributed by atoms with Crippen molar-refractivity contribution >= 4 is 11.7 Å². The topological polar surface area (TPSA) is 41.6 Å². The second-order valence-electron chi connectivity index (χ2n) is 6.84. The van der Waals surface area contributed by atoms with E-state index in [9.17, 15) is 22.4 Å². The Labute approximate surface area is 149 Å². The van der Waals surface area contributed by atoms with Gasteiger partial charge in [-0.3, -0.25) is 4.79 Å². The van der Waals surface area contributed by atoms with E-state index in [2.05, 4.69) is 5.32 Å². The predicted octanol–water partition coefficient (Wildman–Crippen LogP) is 3.12. The lowest BCUT2D eigenvalue weighted by Gasteiger charge is -2.35. The van der Waals surface area contributed by atoms with Gasteiger partial charge in [-0.05, 0) is 30.5 Å². The molecule has 8 heteroatoms. The summed E-state index contributed by atoms with van der Waals surface area (Å²) in [6.45, 7) is 1.48. The molecule has 26 heavy (non-hydrogen) atoms. The summed E-state index contributed by atoms with van der Waals surface area (Å²) < 4.78 is 58.5. The summed E-state index contributed by atoms with van der Waals surface area (Å²) in [5.41, 5.74) is 0.263. The molecule has 0 aliphatic carbocycles. The summed E-state index contributed by atoms with van der Waals surface area (Å²) in [5, 5.41) is 2.95. The highest BCUT2D eigenvalue weighted by molar-refractivity contribution is 5.73. The number of nitrogens with one attached hydrogen (secondary N) is 1. The fourth-order valence-corrected chi connectivity index (χ4v) is 3.78. The van der Waals surface area contributed by atoms with Crippen molar-refractivity contribution in [1.29, 1.82) is 0 Å². The summed E-state index contributed by atoms with van der Waals surface area (Å²) in [5.74, 6) is -1.00. The van der Waals surface area contributed by atoms with Crippen LogP contribution in [0, 0.1) is 5.92 Å². The number of hydrogen-bond acceptors (Lipinski definition) is 4. The highest BCUT2D eigenvalue weighted by Crippen LogP contribution is 2.39. The second-order valence-corrected chi connectivity index (χ2v) is 6.84. The fourth-order valence-electron chi connectivity index (χ4n) is 3.78. The van der Waals surface area contributed by atoms with Crippen molar-refractivity contribution in [3.05, 3.63) is 29.3 Å². The molecule has 3 rings (SSSR count). The molecule has 1 aromatic rings. The normalized spacial score (nSPS) is 24.7. The molecule has 1 N–H and O–H groups in total. The third-order valence-electron chi connectivity index (χ3n) is 5.27. The minimum atomic E-state index is -4.46. The third kappa shape index (κ3) is 3.79. The zero-order valence-electron chi connectivity index (χ0n) is 14.5. The first kappa shape index (κ1) is 18.9. The Bertz CT molecular complexity index is 657. The first-order valence-corrected chi connectivity index (χ1v) is 8.70. The van der Waals surface area contributed by atoms with Gasteiger partial charge in [0.25, 0.3) is 0 Å². The molecule has 2 aliphatic heterocycles. The molecule has 2 saturated heterocycles. The molecule has 0 spiro atoms. The lowest BCUT2D eigenvalue weighted by atomic mass is 9.91. The SMILES string of the molecule is COC(=O)C1CCN(c2cc(C(F)(F)F)ccc2[C@H]2CNC[C@@H]2F)CC1. The van der Waals surface area contributed by atoms with Crippen LogP contribution in [0.1, 0.15) is 29.9 Å². The standard InChI is InChI=1S/C18H22F4N2O2/c1-26-17(25)11-4-6-24(7-5-11)16-8-12(18(20,21)22)2-3-13(16)14-9-23-10-15(14)19/h2-3,8,11,14-15,23H,4-7,9-10H2,1H3/t14-,15+/m1/s1. The van der Waals surface area contributed by atoms with Crippen LogP contribution < -0.4 is 10.2 Å². The van der Waals surface area contributed by atoms with Crippen molar-refractivity contribution in [1.82, 2.24) is 5.32 Å². The molecule has 0 bridgehead atoms. The average molecular weight is 374 g/mol. The van der Waals surface area contributed by atoms with Gasteiger partial charge < -0.3 is 15.0 Å². The van der Waals surface area contributed by atoms with Crippen LogP contribution in [0.5, 0.6) is 0 Å². The number of benzene rings is 1. The van der Waals surface area contributed by atoms with E-state index in [0.29, 0.717) is 43.7 Å². The highest BCUT2D eigenvalue weighted by atomic mass is 19.4. The molecule has 0 aromatic heterocycles. The minimum absolute atomic E-state index is 0.204. The molecule has 0 amide bonds. The molecule has 0 saturated carbocycles. The molecule has 2 fully saturated rings.